The van der Waals surface area contributed by atoms with Crippen LogP contribution in [0.4, 0.5) is 23.0 Å². The lowest BCUT2D eigenvalue weighted by Crippen LogP contribution is -2.26. The number of benzene rings is 1. The number of anilines is 4. The Morgan fingerprint density at radius 1 is 0.952 bits per heavy atom. The lowest BCUT2D eigenvalue weighted by Gasteiger charge is -2.23. The van der Waals surface area contributed by atoms with Gasteiger partial charge in [-0.25, -0.2) is 9.97 Å². The average Bonchev–Trinajstić information content (AvgIpc) is 2.80. The molecule has 2 heterocycles. The molecule has 1 aromatic carbocycles. The molecule has 0 atom stereocenters. The Bertz CT molecular complexity index is 576. The topological polar surface area (TPSA) is 67.1 Å². The first-order valence-corrected chi connectivity index (χ1v) is 7.52. The molecule has 3 N–H and O–H groups in total. The van der Waals surface area contributed by atoms with Crippen LogP contribution < -0.4 is 16.0 Å². The van der Waals surface area contributed by atoms with E-state index in [2.05, 4.69) is 20.2 Å². The third-order valence-electron chi connectivity index (χ3n) is 3.81. The summed E-state index contributed by atoms with van der Waals surface area (Å²) in [6, 6.07) is 9.93. The summed E-state index contributed by atoms with van der Waals surface area (Å²) in [6.07, 6.45) is 6.56. The van der Waals surface area contributed by atoms with Crippen molar-refractivity contribution >= 4 is 23.0 Å². The Labute approximate surface area is 125 Å². The minimum atomic E-state index is 0.628. The second-order valence-corrected chi connectivity index (χ2v) is 5.35. The quantitative estimate of drug-likeness (QED) is 0.905. The summed E-state index contributed by atoms with van der Waals surface area (Å²) in [5.74, 6) is 1.53. The van der Waals surface area contributed by atoms with Crippen LogP contribution in [0.1, 0.15) is 25.7 Å². The summed E-state index contributed by atoms with van der Waals surface area (Å²) >= 11 is 0. The molecule has 0 saturated carbocycles. The highest BCUT2D eigenvalue weighted by molar-refractivity contribution is 5.78. The van der Waals surface area contributed by atoms with Crippen LogP contribution in [0.5, 0.6) is 0 Å². The van der Waals surface area contributed by atoms with Crippen LogP contribution in [0.15, 0.2) is 36.7 Å². The van der Waals surface area contributed by atoms with E-state index >= 15 is 0 Å². The fourth-order valence-corrected chi connectivity index (χ4v) is 2.68. The molecule has 0 amide bonds. The Morgan fingerprint density at radius 2 is 1.67 bits per heavy atom. The van der Waals surface area contributed by atoms with Gasteiger partial charge in [0.2, 0.25) is 0 Å². The number of nitrogens with two attached hydrogens (primary N) is 1. The lowest BCUT2D eigenvalue weighted by atomic mass is 10.2. The van der Waals surface area contributed by atoms with Crippen molar-refractivity contribution in [1.29, 1.82) is 0 Å². The largest absolute Gasteiger partial charge is 0.393 e. The maximum atomic E-state index is 6.28. The smallest absolute Gasteiger partial charge is 0.159 e. The molecule has 0 radical (unpaired) electrons. The molecule has 2 aromatic rings. The summed E-state index contributed by atoms with van der Waals surface area (Å²) in [4.78, 5) is 11.0. The maximum Gasteiger partial charge on any atom is 0.159 e. The second kappa shape index (κ2) is 6.43. The number of rotatable bonds is 3. The predicted octanol–water partition coefficient (Wildman–Crippen LogP) is 3.18. The van der Waals surface area contributed by atoms with E-state index in [0.29, 0.717) is 11.5 Å². The molecule has 0 aliphatic carbocycles. The van der Waals surface area contributed by atoms with E-state index in [1.165, 1.54) is 25.7 Å². The van der Waals surface area contributed by atoms with Crippen molar-refractivity contribution in [3.05, 3.63) is 36.7 Å². The van der Waals surface area contributed by atoms with Crippen molar-refractivity contribution in [3.8, 4) is 0 Å². The Balaban J connectivity index is 1.84. The number of nitrogens with zero attached hydrogens (tertiary/aromatic N) is 3. The van der Waals surface area contributed by atoms with Gasteiger partial charge in [0.25, 0.3) is 0 Å². The van der Waals surface area contributed by atoms with Crippen LogP contribution in [0.3, 0.4) is 0 Å². The van der Waals surface area contributed by atoms with Crippen LogP contribution in [-0.4, -0.2) is 23.1 Å². The van der Waals surface area contributed by atoms with Gasteiger partial charge in [-0.1, -0.05) is 31.0 Å². The predicted molar refractivity (Wildman–Crippen MR) is 86.9 cm³/mol. The molecule has 21 heavy (non-hydrogen) atoms. The fourth-order valence-electron chi connectivity index (χ4n) is 2.68. The van der Waals surface area contributed by atoms with Crippen LogP contribution in [0, 0.1) is 0 Å². The van der Waals surface area contributed by atoms with E-state index in [1.807, 2.05) is 30.3 Å². The number of para-hydroxylation sites is 1. The zero-order chi connectivity index (χ0) is 14.5. The molecular weight excluding hydrogens is 262 g/mol. The highest BCUT2D eigenvalue weighted by Gasteiger charge is 2.16. The van der Waals surface area contributed by atoms with E-state index in [0.717, 1.165) is 24.6 Å². The lowest BCUT2D eigenvalue weighted by molar-refractivity contribution is 0.726. The fraction of sp³-hybridized carbons (Fsp3) is 0.375. The van der Waals surface area contributed by atoms with Gasteiger partial charge in [-0.2, -0.15) is 0 Å². The van der Waals surface area contributed by atoms with Gasteiger partial charge in [0.1, 0.15) is 12.0 Å². The molecule has 3 rings (SSSR count). The standard InChI is InChI=1S/C16H21N5/c17-14-15(20-13-8-4-3-5-9-13)18-12-19-16(14)21-10-6-1-2-7-11-21/h3-5,8-9,12H,1-2,6-7,10-11,17H2,(H,18,19,20). The van der Waals surface area contributed by atoms with Crippen LogP contribution in [0.2, 0.25) is 0 Å². The molecule has 5 nitrogen and oxygen atoms in total. The number of hydrogen-bond donors (Lipinski definition) is 2. The van der Waals surface area contributed by atoms with Crippen molar-refractivity contribution in [2.75, 3.05) is 29.0 Å². The highest BCUT2D eigenvalue weighted by Crippen LogP contribution is 2.29. The van der Waals surface area contributed by atoms with E-state index in [9.17, 15) is 0 Å². The molecule has 0 spiro atoms. The summed E-state index contributed by atoms with van der Waals surface area (Å²) in [6.45, 7) is 2.04. The zero-order valence-electron chi connectivity index (χ0n) is 12.1. The third-order valence-corrected chi connectivity index (χ3v) is 3.81. The first kappa shape index (κ1) is 13.7. The van der Waals surface area contributed by atoms with Gasteiger partial charge in [-0.3, -0.25) is 0 Å². The van der Waals surface area contributed by atoms with Gasteiger partial charge in [0, 0.05) is 18.8 Å². The second-order valence-electron chi connectivity index (χ2n) is 5.35. The van der Waals surface area contributed by atoms with Gasteiger partial charge in [0.15, 0.2) is 11.6 Å². The minimum absolute atomic E-state index is 0.628. The van der Waals surface area contributed by atoms with E-state index in [1.54, 1.807) is 6.33 Å². The van der Waals surface area contributed by atoms with Gasteiger partial charge >= 0.3 is 0 Å². The summed E-state index contributed by atoms with van der Waals surface area (Å²) < 4.78 is 0. The van der Waals surface area contributed by atoms with Crippen molar-refractivity contribution in [2.45, 2.75) is 25.7 Å². The van der Waals surface area contributed by atoms with Crippen molar-refractivity contribution in [3.63, 3.8) is 0 Å². The number of aromatic nitrogens is 2. The van der Waals surface area contributed by atoms with Crippen LogP contribution in [-0.2, 0) is 0 Å². The molecule has 1 aromatic heterocycles. The number of hydrogen-bond acceptors (Lipinski definition) is 5. The Morgan fingerprint density at radius 3 is 2.38 bits per heavy atom. The zero-order valence-corrected chi connectivity index (χ0v) is 12.1. The monoisotopic (exact) mass is 283 g/mol. The summed E-state index contributed by atoms with van der Waals surface area (Å²) in [5.41, 5.74) is 7.89. The normalized spacial score (nSPS) is 15.5. The number of nitrogens with one attached hydrogen (secondary N) is 1. The molecule has 0 bridgehead atoms. The number of nitrogen functional groups attached to an aromatic ring is 1. The van der Waals surface area contributed by atoms with Gasteiger partial charge < -0.3 is 16.0 Å². The first-order chi connectivity index (χ1) is 10.3. The van der Waals surface area contributed by atoms with Crippen LogP contribution >= 0.6 is 0 Å². The maximum absolute atomic E-state index is 6.28. The molecule has 1 aliphatic heterocycles. The summed E-state index contributed by atoms with van der Waals surface area (Å²) in [7, 11) is 0. The van der Waals surface area contributed by atoms with E-state index < -0.39 is 0 Å². The molecule has 0 unspecified atom stereocenters. The highest BCUT2D eigenvalue weighted by atomic mass is 15.2. The summed E-state index contributed by atoms with van der Waals surface area (Å²) in [5, 5.41) is 3.26. The average molecular weight is 283 g/mol. The van der Waals surface area contributed by atoms with Gasteiger partial charge in [-0.15, -0.1) is 0 Å². The van der Waals surface area contributed by atoms with Crippen molar-refractivity contribution < 1.29 is 0 Å². The molecular formula is C16H21N5. The Kier molecular flexibility index (Phi) is 4.19. The minimum Gasteiger partial charge on any atom is -0.393 e. The van der Waals surface area contributed by atoms with Gasteiger partial charge in [-0.05, 0) is 25.0 Å². The molecule has 110 valence electrons. The van der Waals surface area contributed by atoms with Crippen molar-refractivity contribution in [2.24, 2.45) is 0 Å². The Hall–Kier alpha value is -2.30. The molecule has 1 fully saturated rings. The van der Waals surface area contributed by atoms with Crippen LogP contribution in [0.25, 0.3) is 0 Å². The third kappa shape index (κ3) is 3.24. The molecule has 1 saturated heterocycles. The van der Waals surface area contributed by atoms with Crippen molar-refractivity contribution in [1.82, 2.24) is 9.97 Å². The molecule has 5 heteroatoms. The molecule has 1 aliphatic rings. The van der Waals surface area contributed by atoms with E-state index in [-0.39, 0.29) is 0 Å². The van der Waals surface area contributed by atoms with Gasteiger partial charge in [0.05, 0.1) is 0 Å². The first-order valence-electron chi connectivity index (χ1n) is 7.52. The SMILES string of the molecule is Nc1c(Nc2ccccc2)ncnc1N1CCCCCC1. The van der Waals surface area contributed by atoms with E-state index in [4.69, 9.17) is 5.73 Å².